The fourth-order valence-electron chi connectivity index (χ4n) is 1.22. The van der Waals surface area contributed by atoms with E-state index in [4.69, 9.17) is 0 Å². The summed E-state index contributed by atoms with van der Waals surface area (Å²) in [6.07, 6.45) is 10.8. The Labute approximate surface area is 74.9 Å². The lowest BCUT2D eigenvalue weighted by Gasteiger charge is -2.17. The smallest absolute Gasteiger partial charge is 0.0503 e. The Bertz CT molecular complexity index is 201. The minimum absolute atomic E-state index is 0.363. The van der Waals surface area contributed by atoms with Gasteiger partial charge < -0.3 is 5.32 Å². The average molecular weight is 163 g/mol. The van der Waals surface area contributed by atoms with Crippen molar-refractivity contribution in [2.24, 2.45) is 0 Å². The quantitative estimate of drug-likeness (QED) is 0.628. The van der Waals surface area contributed by atoms with Crippen LogP contribution in [0.1, 0.15) is 19.8 Å². The zero-order chi connectivity index (χ0) is 8.81. The maximum atomic E-state index is 3.97. The van der Waals surface area contributed by atoms with Gasteiger partial charge in [0.1, 0.15) is 0 Å². The van der Waals surface area contributed by atoms with Crippen LogP contribution in [0.3, 0.4) is 0 Å². The van der Waals surface area contributed by atoms with Gasteiger partial charge in [-0.15, -0.1) is 0 Å². The fourth-order valence-corrected chi connectivity index (χ4v) is 1.22. The minimum atomic E-state index is 0.363. The number of allylic oxidation sites excluding steroid dienone is 2. The highest BCUT2D eigenvalue weighted by atomic mass is 14.9. The first kappa shape index (κ1) is 9.27. The van der Waals surface area contributed by atoms with E-state index in [0.29, 0.717) is 6.04 Å². The summed E-state index contributed by atoms with van der Waals surface area (Å²) in [6.45, 7) is 7.26. The second-order valence-corrected chi connectivity index (χ2v) is 3.10. The van der Waals surface area contributed by atoms with Gasteiger partial charge in [-0.3, -0.25) is 0 Å². The van der Waals surface area contributed by atoms with Gasteiger partial charge in [-0.1, -0.05) is 44.2 Å². The van der Waals surface area contributed by atoms with Gasteiger partial charge in [-0.05, 0) is 18.5 Å². The van der Waals surface area contributed by atoms with Crippen LogP contribution in [0.25, 0.3) is 0 Å². The Morgan fingerprint density at radius 2 is 2.33 bits per heavy atom. The molecule has 0 heterocycles. The molecule has 0 saturated heterocycles. The summed E-state index contributed by atoms with van der Waals surface area (Å²) in [4.78, 5) is 0. The molecule has 0 aromatic heterocycles. The van der Waals surface area contributed by atoms with Crippen LogP contribution in [0.5, 0.6) is 0 Å². The van der Waals surface area contributed by atoms with E-state index in [2.05, 4.69) is 37.0 Å². The van der Waals surface area contributed by atoms with Crippen molar-refractivity contribution in [3.63, 3.8) is 0 Å². The summed E-state index contributed by atoms with van der Waals surface area (Å²) in [7, 11) is 0. The van der Waals surface area contributed by atoms with Gasteiger partial charge in [0.2, 0.25) is 0 Å². The first-order valence-electron chi connectivity index (χ1n) is 4.61. The predicted molar refractivity (Wildman–Crippen MR) is 54.1 cm³/mol. The standard InChI is InChI=1S/C11H17N/c1-3-4-9-12-11-8-6-5-7-10(11)2/h5-8,11-12H,2-4,9H2,1H3. The molecule has 1 unspecified atom stereocenters. The molecule has 0 bridgehead atoms. The summed E-state index contributed by atoms with van der Waals surface area (Å²) < 4.78 is 0. The molecule has 0 aromatic rings. The van der Waals surface area contributed by atoms with Crippen molar-refractivity contribution in [2.45, 2.75) is 25.8 Å². The number of unbranched alkanes of at least 4 members (excludes halogenated alkanes) is 1. The minimum Gasteiger partial charge on any atom is -0.307 e. The van der Waals surface area contributed by atoms with Crippen molar-refractivity contribution >= 4 is 0 Å². The molecule has 1 atom stereocenters. The van der Waals surface area contributed by atoms with Crippen molar-refractivity contribution in [1.29, 1.82) is 0 Å². The summed E-state index contributed by atoms with van der Waals surface area (Å²) in [5.74, 6) is 0. The maximum absolute atomic E-state index is 3.97. The van der Waals surface area contributed by atoms with Gasteiger partial charge in [-0.2, -0.15) is 0 Å². The second-order valence-electron chi connectivity index (χ2n) is 3.10. The Morgan fingerprint density at radius 3 is 3.00 bits per heavy atom. The Kier molecular flexibility index (Phi) is 3.81. The first-order valence-corrected chi connectivity index (χ1v) is 4.61. The van der Waals surface area contributed by atoms with E-state index in [-0.39, 0.29) is 0 Å². The van der Waals surface area contributed by atoms with Crippen LogP contribution < -0.4 is 5.32 Å². The SMILES string of the molecule is C=C1C=CC=CC1NCCCC. The van der Waals surface area contributed by atoms with Gasteiger partial charge in [0.05, 0.1) is 6.04 Å². The lowest BCUT2D eigenvalue weighted by atomic mass is 10.0. The fraction of sp³-hybridized carbons (Fsp3) is 0.455. The van der Waals surface area contributed by atoms with Crippen LogP contribution >= 0.6 is 0 Å². The molecule has 0 spiro atoms. The first-order chi connectivity index (χ1) is 5.84. The molecule has 0 aromatic carbocycles. The Hall–Kier alpha value is -0.820. The maximum Gasteiger partial charge on any atom is 0.0503 e. The van der Waals surface area contributed by atoms with Crippen LogP contribution in [-0.4, -0.2) is 12.6 Å². The van der Waals surface area contributed by atoms with Crippen LogP contribution in [0.2, 0.25) is 0 Å². The second kappa shape index (κ2) is 4.94. The van der Waals surface area contributed by atoms with Crippen molar-refractivity contribution in [2.75, 3.05) is 6.54 Å². The van der Waals surface area contributed by atoms with E-state index < -0.39 is 0 Å². The summed E-state index contributed by atoms with van der Waals surface area (Å²) >= 11 is 0. The van der Waals surface area contributed by atoms with Gasteiger partial charge in [0.15, 0.2) is 0 Å². The Balaban J connectivity index is 2.28. The van der Waals surface area contributed by atoms with E-state index in [1.165, 1.54) is 12.8 Å². The molecule has 0 fully saturated rings. The molecule has 0 amide bonds. The predicted octanol–water partition coefficient (Wildman–Crippen LogP) is 2.43. The van der Waals surface area contributed by atoms with Crippen LogP contribution in [0.4, 0.5) is 0 Å². The van der Waals surface area contributed by atoms with Crippen LogP contribution in [0.15, 0.2) is 36.5 Å². The monoisotopic (exact) mass is 163 g/mol. The highest BCUT2D eigenvalue weighted by Crippen LogP contribution is 2.08. The van der Waals surface area contributed by atoms with E-state index in [9.17, 15) is 0 Å². The zero-order valence-corrected chi connectivity index (χ0v) is 7.72. The molecule has 1 nitrogen and oxygen atoms in total. The molecule has 0 saturated carbocycles. The molecule has 12 heavy (non-hydrogen) atoms. The molecule has 1 aliphatic rings. The van der Waals surface area contributed by atoms with E-state index >= 15 is 0 Å². The van der Waals surface area contributed by atoms with Gasteiger partial charge >= 0.3 is 0 Å². The third kappa shape index (κ3) is 2.67. The summed E-state index contributed by atoms with van der Waals surface area (Å²) in [5.41, 5.74) is 1.16. The topological polar surface area (TPSA) is 12.0 Å². The molecule has 1 rings (SSSR count). The molecule has 1 N–H and O–H groups in total. The molecule has 66 valence electrons. The lowest BCUT2D eigenvalue weighted by Crippen LogP contribution is -2.29. The molecule has 0 aliphatic heterocycles. The molecular formula is C11H17N. The van der Waals surface area contributed by atoms with Crippen molar-refractivity contribution < 1.29 is 0 Å². The van der Waals surface area contributed by atoms with Gasteiger partial charge in [0, 0.05) is 0 Å². The molecule has 1 aliphatic carbocycles. The number of hydrogen-bond acceptors (Lipinski definition) is 1. The van der Waals surface area contributed by atoms with Crippen LogP contribution in [-0.2, 0) is 0 Å². The van der Waals surface area contributed by atoms with Crippen molar-refractivity contribution in [3.8, 4) is 0 Å². The molecule has 0 radical (unpaired) electrons. The average Bonchev–Trinajstić information content (AvgIpc) is 2.09. The number of nitrogens with one attached hydrogen (secondary N) is 1. The number of rotatable bonds is 4. The van der Waals surface area contributed by atoms with Gasteiger partial charge in [0.25, 0.3) is 0 Å². The molecular weight excluding hydrogens is 146 g/mol. The third-order valence-corrected chi connectivity index (χ3v) is 2.02. The van der Waals surface area contributed by atoms with E-state index in [1.807, 2.05) is 6.08 Å². The molecule has 1 heteroatoms. The highest BCUT2D eigenvalue weighted by molar-refractivity contribution is 5.33. The highest BCUT2D eigenvalue weighted by Gasteiger charge is 2.06. The van der Waals surface area contributed by atoms with E-state index in [0.717, 1.165) is 12.1 Å². The van der Waals surface area contributed by atoms with E-state index in [1.54, 1.807) is 0 Å². The Morgan fingerprint density at radius 1 is 1.50 bits per heavy atom. The summed E-state index contributed by atoms with van der Waals surface area (Å²) in [6, 6.07) is 0.363. The van der Waals surface area contributed by atoms with Crippen LogP contribution in [0, 0.1) is 0 Å². The lowest BCUT2D eigenvalue weighted by molar-refractivity contribution is 0.619. The zero-order valence-electron chi connectivity index (χ0n) is 7.72. The summed E-state index contributed by atoms with van der Waals surface area (Å²) in [5, 5.41) is 3.43. The van der Waals surface area contributed by atoms with Gasteiger partial charge in [-0.25, -0.2) is 0 Å². The normalized spacial score (nSPS) is 21.8. The number of hydrogen-bond donors (Lipinski definition) is 1. The third-order valence-electron chi connectivity index (χ3n) is 2.02. The largest absolute Gasteiger partial charge is 0.307 e. The van der Waals surface area contributed by atoms with Crippen molar-refractivity contribution in [1.82, 2.24) is 5.32 Å². The van der Waals surface area contributed by atoms with Crippen molar-refractivity contribution in [3.05, 3.63) is 36.5 Å².